The predicted octanol–water partition coefficient (Wildman–Crippen LogP) is 4.80. The molecule has 2 bridgehead atoms. The monoisotopic (exact) mass is 523 g/mol. The Morgan fingerprint density at radius 2 is 1.03 bits per heavy atom. The van der Waals surface area contributed by atoms with Crippen molar-refractivity contribution in [3.8, 4) is 5.75 Å². The lowest BCUT2D eigenvalue weighted by Crippen LogP contribution is -2.56. The van der Waals surface area contributed by atoms with E-state index in [0.717, 1.165) is 22.3 Å². The number of aromatic hydroxyl groups is 1. The molecular formula is C24H15Br2NO3. The van der Waals surface area contributed by atoms with Crippen molar-refractivity contribution < 1.29 is 14.7 Å². The van der Waals surface area contributed by atoms with Crippen LogP contribution in [0.1, 0.15) is 22.3 Å². The first-order valence-corrected chi connectivity index (χ1v) is 11.2. The Balaban J connectivity index is 1.66. The van der Waals surface area contributed by atoms with E-state index >= 15 is 0 Å². The maximum Gasteiger partial charge on any atom is 0.239 e. The molecule has 148 valence electrons. The molecule has 1 fully saturated rings. The van der Waals surface area contributed by atoms with E-state index in [1.807, 2.05) is 48.5 Å². The van der Waals surface area contributed by atoms with Gasteiger partial charge in [0.05, 0.1) is 26.2 Å². The number of nitrogens with zero attached hydrogens (tertiary/aromatic N) is 1. The van der Waals surface area contributed by atoms with Gasteiger partial charge in [-0.1, -0.05) is 80.4 Å². The number of rotatable bonds is 1. The Morgan fingerprint density at radius 3 is 1.40 bits per heavy atom. The molecule has 1 N–H and O–H groups in total. The van der Waals surface area contributed by atoms with Crippen LogP contribution in [-0.2, 0) is 18.2 Å². The number of amides is 2. The molecule has 2 amide bonds. The number of halogens is 2. The molecule has 0 saturated carbocycles. The number of carbonyl (C=O) groups is 2. The summed E-state index contributed by atoms with van der Waals surface area (Å²) < 4.78 is -1.59. The van der Waals surface area contributed by atoms with Crippen molar-refractivity contribution in [1.82, 2.24) is 0 Å². The number of phenolic OH excluding ortho intramolecular Hbond substituents is 1. The molecule has 1 heterocycles. The van der Waals surface area contributed by atoms with Gasteiger partial charge in [0.2, 0.25) is 11.8 Å². The molecule has 1 aliphatic heterocycles. The molecule has 0 radical (unpaired) electrons. The van der Waals surface area contributed by atoms with Crippen LogP contribution in [0.25, 0.3) is 0 Å². The van der Waals surface area contributed by atoms with Crippen molar-refractivity contribution >= 4 is 49.4 Å². The second-order valence-electron chi connectivity index (χ2n) is 8.00. The third kappa shape index (κ3) is 1.92. The second-order valence-corrected chi connectivity index (χ2v) is 10.5. The first kappa shape index (κ1) is 18.3. The first-order chi connectivity index (χ1) is 14.4. The summed E-state index contributed by atoms with van der Waals surface area (Å²) in [6.45, 7) is 0. The van der Waals surface area contributed by atoms with Crippen LogP contribution in [0.5, 0.6) is 5.75 Å². The van der Waals surface area contributed by atoms with Gasteiger partial charge in [0, 0.05) is 0 Å². The molecule has 3 aromatic rings. The predicted molar refractivity (Wildman–Crippen MR) is 120 cm³/mol. The van der Waals surface area contributed by atoms with Crippen molar-refractivity contribution in [2.45, 2.75) is 8.65 Å². The van der Waals surface area contributed by atoms with Gasteiger partial charge < -0.3 is 5.11 Å². The summed E-state index contributed by atoms with van der Waals surface area (Å²) in [4.78, 5) is 28.8. The lowest BCUT2D eigenvalue weighted by molar-refractivity contribution is -0.122. The van der Waals surface area contributed by atoms with Gasteiger partial charge in [0.15, 0.2) is 0 Å². The van der Waals surface area contributed by atoms with E-state index in [2.05, 4.69) is 31.9 Å². The highest BCUT2D eigenvalue weighted by Crippen LogP contribution is 2.70. The minimum atomic E-state index is -0.793. The highest BCUT2D eigenvalue weighted by atomic mass is 79.9. The summed E-state index contributed by atoms with van der Waals surface area (Å²) >= 11 is 7.96. The largest absolute Gasteiger partial charge is 0.508 e. The molecule has 3 aromatic carbocycles. The van der Waals surface area contributed by atoms with Gasteiger partial charge in [0.25, 0.3) is 0 Å². The smallest absolute Gasteiger partial charge is 0.239 e. The van der Waals surface area contributed by atoms with Gasteiger partial charge in [-0.05, 0) is 46.5 Å². The van der Waals surface area contributed by atoms with Gasteiger partial charge in [-0.25, -0.2) is 4.90 Å². The summed E-state index contributed by atoms with van der Waals surface area (Å²) in [7, 11) is 0. The Kier molecular flexibility index (Phi) is 3.56. The number of alkyl halides is 2. The SMILES string of the molecule is O=C1[C@@H]2[C@H](C(=O)N1c1ccc(O)cc1)C1(Br)c3ccccc3C2(Br)c2ccccc21. The molecule has 30 heavy (non-hydrogen) atoms. The number of hydrogen-bond donors (Lipinski definition) is 1. The maximum absolute atomic E-state index is 13.8. The molecular weight excluding hydrogens is 510 g/mol. The molecule has 7 rings (SSSR count). The van der Waals surface area contributed by atoms with Crippen molar-refractivity contribution in [2.75, 3.05) is 4.90 Å². The topological polar surface area (TPSA) is 57.6 Å². The quantitative estimate of drug-likeness (QED) is 0.367. The van der Waals surface area contributed by atoms with Crippen molar-refractivity contribution in [2.24, 2.45) is 11.8 Å². The highest BCUT2D eigenvalue weighted by molar-refractivity contribution is 9.10. The molecule has 1 saturated heterocycles. The fraction of sp³-hybridized carbons (Fsp3) is 0.167. The molecule has 0 unspecified atom stereocenters. The molecule has 4 aliphatic rings. The van der Waals surface area contributed by atoms with Gasteiger partial charge in [-0.15, -0.1) is 0 Å². The minimum Gasteiger partial charge on any atom is -0.508 e. The third-order valence-electron chi connectivity index (χ3n) is 6.69. The summed E-state index contributed by atoms with van der Waals surface area (Å²) in [5.74, 6) is -1.57. The van der Waals surface area contributed by atoms with E-state index < -0.39 is 20.5 Å². The molecule has 6 heteroatoms. The number of benzene rings is 3. The fourth-order valence-corrected chi connectivity index (χ4v) is 7.83. The van der Waals surface area contributed by atoms with Crippen molar-refractivity contribution in [1.29, 1.82) is 0 Å². The van der Waals surface area contributed by atoms with E-state index in [4.69, 9.17) is 0 Å². The van der Waals surface area contributed by atoms with E-state index in [1.165, 1.54) is 17.0 Å². The van der Waals surface area contributed by atoms with E-state index in [1.54, 1.807) is 12.1 Å². The van der Waals surface area contributed by atoms with Crippen LogP contribution < -0.4 is 4.90 Å². The van der Waals surface area contributed by atoms with E-state index in [-0.39, 0.29) is 17.6 Å². The summed E-state index contributed by atoms with van der Waals surface area (Å²) in [6.07, 6.45) is 0. The lowest BCUT2D eigenvalue weighted by atomic mass is 9.54. The van der Waals surface area contributed by atoms with Crippen LogP contribution in [0.15, 0.2) is 72.8 Å². The Morgan fingerprint density at radius 1 is 0.667 bits per heavy atom. The van der Waals surface area contributed by atoms with Gasteiger partial charge >= 0.3 is 0 Å². The molecule has 2 atom stereocenters. The fourth-order valence-electron chi connectivity index (χ4n) is 5.52. The Hall–Kier alpha value is -2.44. The van der Waals surface area contributed by atoms with Gasteiger partial charge in [-0.2, -0.15) is 0 Å². The molecule has 0 aromatic heterocycles. The minimum absolute atomic E-state index is 0.0871. The lowest BCUT2D eigenvalue weighted by Gasteiger charge is -2.55. The zero-order valence-corrected chi connectivity index (χ0v) is 18.7. The molecule has 4 nitrogen and oxygen atoms in total. The highest BCUT2D eigenvalue weighted by Gasteiger charge is 2.72. The van der Waals surface area contributed by atoms with Crippen molar-refractivity contribution in [3.63, 3.8) is 0 Å². The third-order valence-corrected chi connectivity index (χ3v) is 9.39. The average molecular weight is 525 g/mol. The molecule has 0 spiro atoms. The zero-order valence-electron chi connectivity index (χ0n) is 15.5. The summed E-state index contributed by atoms with van der Waals surface area (Å²) in [5.41, 5.74) is 4.51. The summed E-state index contributed by atoms with van der Waals surface area (Å²) in [6, 6.07) is 22.2. The van der Waals surface area contributed by atoms with E-state index in [0.29, 0.717) is 5.69 Å². The van der Waals surface area contributed by atoms with Gasteiger partial charge in [0.1, 0.15) is 5.75 Å². The Bertz CT molecular complexity index is 1130. The van der Waals surface area contributed by atoms with Crippen LogP contribution in [-0.4, -0.2) is 16.9 Å². The maximum atomic E-state index is 13.8. The van der Waals surface area contributed by atoms with Crippen LogP contribution in [0.2, 0.25) is 0 Å². The van der Waals surface area contributed by atoms with Gasteiger partial charge in [-0.3, -0.25) is 9.59 Å². The Labute approximate surface area is 189 Å². The van der Waals surface area contributed by atoms with E-state index in [9.17, 15) is 14.7 Å². The van der Waals surface area contributed by atoms with Crippen LogP contribution in [0.3, 0.4) is 0 Å². The molecule has 3 aliphatic carbocycles. The average Bonchev–Trinajstić information content (AvgIpc) is 3.04. The summed E-state index contributed by atoms with van der Waals surface area (Å²) in [5, 5.41) is 9.65. The van der Waals surface area contributed by atoms with Crippen LogP contribution >= 0.6 is 31.9 Å². The standard InChI is InChI=1S/C24H15Br2NO3/c25-23-15-5-1-2-6-16(15)24(26,18-8-4-3-7-17(18)23)20-19(23)21(29)27(22(20)30)13-9-11-14(28)12-10-13/h1-12,19-20,28H/t19-,20+,23?,24?. The number of anilines is 1. The van der Waals surface area contributed by atoms with Crippen molar-refractivity contribution in [3.05, 3.63) is 95.1 Å². The number of carbonyl (C=O) groups excluding carboxylic acids is 2. The second kappa shape index (κ2) is 5.83. The normalized spacial score (nSPS) is 30.8. The number of phenols is 1. The van der Waals surface area contributed by atoms with Crippen LogP contribution in [0, 0.1) is 11.8 Å². The zero-order chi connectivity index (χ0) is 20.8. The van der Waals surface area contributed by atoms with Crippen LogP contribution in [0.4, 0.5) is 5.69 Å². The first-order valence-electron chi connectivity index (χ1n) is 9.64. The number of hydrogen-bond acceptors (Lipinski definition) is 3. The number of imide groups is 1.